The lowest BCUT2D eigenvalue weighted by Crippen LogP contribution is -2.45. The average molecular weight is 263 g/mol. The fourth-order valence-corrected chi connectivity index (χ4v) is 2.97. The van der Waals surface area contributed by atoms with Gasteiger partial charge in [0.1, 0.15) is 0 Å². The molecule has 96 valence electrons. The Morgan fingerprint density at radius 2 is 1.83 bits per heavy atom. The van der Waals surface area contributed by atoms with Gasteiger partial charge in [-0.25, -0.2) is 0 Å². The first-order chi connectivity index (χ1) is 8.38. The second-order valence-corrected chi connectivity index (χ2v) is 6.53. The third kappa shape index (κ3) is 1.94. The first-order valence-corrected chi connectivity index (χ1v) is 7.01. The Morgan fingerprint density at radius 3 is 2.39 bits per heavy atom. The topological polar surface area (TPSA) is 37.4 Å². The standard InChI is InChI=1S/C14H17NO2S/c1-5-18-10-8-6-7-9-11(10)13(17)15(12(9)16)14(2,3)4/h6-8H,5H2,1-4H3. The molecule has 0 saturated heterocycles. The van der Waals surface area contributed by atoms with Gasteiger partial charge in [0.15, 0.2) is 0 Å². The maximum atomic E-state index is 12.4. The molecule has 1 heterocycles. The number of amides is 2. The quantitative estimate of drug-likeness (QED) is 0.607. The van der Waals surface area contributed by atoms with Crippen LogP contribution in [0.1, 0.15) is 48.4 Å². The fraction of sp³-hybridized carbons (Fsp3) is 0.429. The van der Waals surface area contributed by atoms with Crippen molar-refractivity contribution in [1.29, 1.82) is 0 Å². The average Bonchev–Trinajstić information content (AvgIpc) is 2.52. The number of fused-ring (bicyclic) bond motifs is 1. The summed E-state index contributed by atoms with van der Waals surface area (Å²) in [6.45, 7) is 7.66. The fourth-order valence-electron chi connectivity index (χ4n) is 2.14. The van der Waals surface area contributed by atoms with E-state index in [4.69, 9.17) is 0 Å². The summed E-state index contributed by atoms with van der Waals surface area (Å²) in [5.74, 6) is 0.535. The highest BCUT2D eigenvalue weighted by Gasteiger charge is 2.42. The molecular weight excluding hydrogens is 246 g/mol. The molecule has 3 nitrogen and oxygen atoms in total. The highest BCUT2D eigenvalue weighted by atomic mass is 32.2. The molecule has 0 aromatic heterocycles. The number of hydrogen-bond donors (Lipinski definition) is 0. The van der Waals surface area contributed by atoms with Crippen molar-refractivity contribution in [2.45, 2.75) is 38.1 Å². The van der Waals surface area contributed by atoms with Crippen LogP contribution in [-0.2, 0) is 0 Å². The van der Waals surface area contributed by atoms with Crippen molar-refractivity contribution in [2.24, 2.45) is 0 Å². The minimum atomic E-state index is -0.485. The molecule has 0 radical (unpaired) electrons. The first-order valence-electron chi connectivity index (χ1n) is 6.02. The smallest absolute Gasteiger partial charge is 0.263 e. The lowest BCUT2D eigenvalue weighted by molar-refractivity contribution is 0.0506. The molecule has 0 N–H and O–H groups in total. The maximum Gasteiger partial charge on any atom is 0.263 e. The molecule has 0 unspecified atom stereocenters. The zero-order valence-corrected chi connectivity index (χ0v) is 11.9. The predicted molar refractivity (Wildman–Crippen MR) is 73.1 cm³/mol. The van der Waals surface area contributed by atoms with Crippen molar-refractivity contribution in [3.63, 3.8) is 0 Å². The summed E-state index contributed by atoms with van der Waals surface area (Å²) in [7, 11) is 0. The summed E-state index contributed by atoms with van der Waals surface area (Å²) in [6, 6.07) is 5.49. The zero-order chi connectivity index (χ0) is 13.5. The van der Waals surface area contributed by atoms with Gasteiger partial charge in [0, 0.05) is 10.4 Å². The van der Waals surface area contributed by atoms with Gasteiger partial charge < -0.3 is 0 Å². The molecule has 4 heteroatoms. The highest BCUT2D eigenvalue weighted by Crippen LogP contribution is 2.35. The van der Waals surface area contributed by atoms with Crippen LogP contribution in [0.5, 0.6) is 0 Å². The van der Waals surface area contributed by atoms with E-state index in [9.17, 15) is 9.59 Å². The van der Waals surface area contributed by atoms with E-state index in [-0.39, 0.29) is 11.8 Å². The number of nitrogens with zero attached hydrogens (tertiary/aromatic N) is 1. The number of rotatable bonds is 2. The molecule has 1 aromatic carbocycles. The molecule has 2 rings (SSSR count). The molecule has 1 aliphatic rings. The van der Waals surface area contributed by atoms with Gasteiger partial charge in [-0.2, -0.15) is 0 Å². The van der Waals surface area contributed by atoms with Crippen LogP contribution in [0, 0.1) is 0 Å². The lowest BCUT2D eigenvalue weighted by Gasteiger charge is -2.29. The van der Waals surface area contributed by atoms with Crippen LogP contribution in [0.2, 0.25) is 0 Å². The summed E-state index contributed by atoms with van der Waals surface area (Å²) < 4.78 is 0. The van der Waals surface area contributed by atoms with Gasteiger partial charge in [0.2, 0.25) is 0 Å². The largest absolute Gasteiger partial charge is 0.269 e. The van der Waals surface area contributed by atoms with Crippen molar-refractivity contribution in [2.75, 3.05) is 5.75 Å². The van der Waals surface area contributed by atoms with E-state index in [2.05, 4.69) is 0 Å². The Bertz CT molecular complexity index is 517. The number of hydrogen-bond acceptors (Lipinski definition) is 3. The molecule has 1 aliphatic heterocycles. The molecule has 0 spiro atoms. The molecule has 0 bridgehead atoms. The van der Waals surface area contributed by atoms with Crippen LogP contribution < -0.4 is 0 Å². The summed E-state index contributed by atoms with van der Waals surface area (Å²) in [5.41, 5.74) is 0.624. The summed E-state index contributed by atoms with van der Waals surface area (Å²) in [6.07, 6.45) is 0. The monoisotopic (exact) mass is 263 g/mol. The summed E-state index contributed by atoms with van der Waals surface area (Å²) >= 11 is 1.60. The van der Waals surface area contributed by atoms with E-state index in [0.717, 1.165) is 10.6 Å². The van der Waals surface area contributed by atoms with Gasteiger partial charge in [0.05, 0.1) is 11.1 Å². The van der Waals surface area contributed by atoms with Crippen molar-refractivity contribution >= 4 is 23.6 Å². The molecule has 0 aliphatic carbocycles. The second kappa shape index (κ2) is 4.43. The van der Waals surface area contributed by atoms with Crippen LogP contribution >= 0.6 is 11.8 Å². The molecule has 0 saturated carbocycles. The Kier molecular flexibility index (Phi) is 3.23. The van der Waals surface area contributed by atoms with Gasteiger partial charge in [-0.1, -0.05) is 13.0 Å². The van der Waals surface area contributed by atoms with E-state index in [1.54, 1.807) is 17.8 Å². The zero-order valence-electron chi connectivity index (χ0n) is 11.1. The van der Waals surface area contributed by atoms with Crippen LogP contribution in [0.25, 0.3) is 0 Å². The van der Waals surface area contributed by atoms with E-state index in [1.807, 2.05) is 39.8 Å². The van der Waals surface area contributed by atoms with Crippen molar-refractivity contribution < 1.29 is 9.59 Å². The predicted octanol–water partition coefficient (Wildman–Crippen LogP) is 3.19. The summed E-state index contributed by atoms with van der Waals surface area (Å²) in [4.78, 5) is 27.0. The third-order valence-electron chi connectivity index (χ3n) is 2.85. The third-order valence-corrected chi connectivity index (χ3v) is 3.79. The van der Waals surface area contributed by atoms with Crippen molar-refractivity contribution in [1.82, 2.24) is 4.90 Å². The highest BCUT2D eigenvalue weighted by molar-refractivity contribution is 7.99. The Hall–Kier alpha value is -1.29. The normalized spacial score (nSPS) is 15.2. The number of imide groups is 1. The molecule has 0 fully saturated rings. The molecule has 1 aromatic rings. The first kappa shape index (κ1) is 13.1. The van der Waals surface area contributed by atoms with Gasteiger partial charge in [0.25, 0.3) is 11.8 Å². The Balaban J connectivity index is 2.56. The van der Waals surface area contributed by atoms with Gasteiger partial charge in [-0.15, -0.1) is 11.8 Å². The van der Waals surface area contributed by atoms with Gasteiger partial charge >= 0.3 is 0 Å². The Labute approximate surface area is 112 Å². The van der Waals surface area contributed by atoms with Crippen LogP contribution in [0.3, 0.4) is 0 Å². The minimum Gasteiger partial charge on any atom is -0.269 e. The maximum absolute atomic E-state index is 12.4. The lowest BCUT2D eigenvalue weighted by atomic mass is 10.1. The van der Waals surface area contributed by atoms with Gasteiger partial charge in [-0.05, 0) is 38.7 Å². The van der Waals surface area contributed by atoms with Crippen molar-refractivity contribution in [3.8, 4) is 0 Å². The molecule has 0 atom stereocenters. The van der Waals surface area contributed by atoms with Crippen LogP contribution in [0.15, 0.2) is 23.1 Å². The SMILES string of the molecule is CCSc1cccc2c1C(=O)N(C(C)(C)C)C2=O. The minimum absolute atomic E-state index is 0.168. The number of benzene rings is 1. The van der Waals surface area contributed by atoms with E-state index in [0.29, 0.717) is 11.1 Å². The number of carbonyl (C=O) groups is 2. The molecule has 18 heavy (non-hydrogen) atoms. The molecule has 2 amide bonds. The van der Waals surface area contributed by atoms with E-state index in [1.165, 1.54) is 4.90 Å². The van der Waals surface area contributed by atoms with E-state index >= 15 is 0 Å². The second-order valence-electron chi connectivity index (χ2n) is 5.23. The van der Waals surface area contributed by atoms with Crippen LogP contribution in [-0.4, -0.2) is 28.0 Å². The number of carbonyl (C=O) groups excluding carboxylic acids is 2. The molecular formula is C14H17NO2S. The van der Waals surface area contributed by atoms with Gasteiger partial charge in [-0.3, -0.25) is 14.5 Å². The number of thioether (sulfide) groups is 1. The van der Waals surface area contributed by atoms with E-state index < -0.39 is 5.54 Å². The summed E-state index contributed by atoms with van der Waals surface area (Å²) in [5, 5.41) is 0. The van der Waals surface area contributed by atoms with Crippen LogP contribution in [0.4, 0.5) is 0 Å². The Morgan fingerprint density at radius 1 is 1.17 bits per heavy atom. The van der Waals surface area contributed by atoms with Crippen molar-refractivity contribution in [3.05, 3.63) is 29.3 Å².